The zero-order valence-electron chi connectivity index (χ0n) is 17.4. The number of hydrogen-bond acceptors (Lipinski definition) is 3. The molecule has 0 saturated heterocycles. The van der Waals surface area contributed by atoms with Gasteiger partial charge in [0.25, 0.3) is 5.91 Å². The van der Waals surface area contributed by atoms with Gasteiger partial charge in [0, 0.05) is 23.4 Å². The highest BCUT2D eigenvalue weighted by atomic mass is 16.5. The molecule has 0 fully saturated rings. The molecule has 2 N–H and O–H groups in total. The van der Waals surface area contributed by atoms with E-state index in [1.807, 2.05) is 37.3 Å². The Morgan fingerprint density at radius 1 is 1.07 bits per heavy atom. The van der Waals surface area contributed by atoms with Gasteiger partial charge in [0.05, 0.1) is 25.5 Å². The van der Waals surface area contributed by atoms with Crippen molar-refractivity contribution in [3.05, 3.63) is 71.4 Å². The number of primary amides is 1. The number of amides is 1. The molecule has 1 unspecified atom stereocenters. The van der Waals surface area contributed by atoms with Crippen LogP contribution in [0.15, 0.2) is 54.6 Å². The molecular weight excluding hydrogens is 364 g/mol. The molecule has 2 aromatic carbocycles. The number of carbonyl (C=O) groups is 1. The van der Waals surface area contributed by atoms with E-state index < -0.39 is 5.91 Å². The van der Waals surface area contributed by atoms with Gasteiger partial charge in [-0.25, -0.2) is 0 Å². The molecule has 0 aliphatic heterocycles. The number of rotatable bonds is 8. The summed E-state index contributed by atoms with van der Waals surface area (Å²) >= 11 is 0. The van der Waals surface area contributed by atoms with E-state index in [1.54, 1.807) is 14.2 Å². The summed E-state index contributed by atoms with van der Waals surface area (Å²) in [6.07, 6.45) is 1.88. The van der Waals surface area contributed by atoms with Crippen molar-refractivity contribution in [1.82, 2.24) is 4.57 Å². The number of nitrogens with zero attached hydrogens (tertiary/aromatic N) is 1. The smallest absolute Gasteiger partial charge is 0.250 e. The van der Waals surface area contributed by atoms with E-state index >= 15 is 0 Å². The van der Waals surface area contributed by atoms with E-state index in [9.17, 15) is 4.79 Å². The number of hydrogen-bond donors (Lipinski definition) is 1. The summed E-state index contributed by atoms with van der Waals surface area (Å²) in [4.78, 5) is 12.0. The monoisotopic (exact) mass is 392 g/mol. The third-order valence-corrected chi connectivity index (χ3v) is 5.38. The summed E-state index contributed by atoms with van der Waals surface area (Å²) in [7, 11) is 3.25. The standard InChI is InChI=1S/C24H28N2O3/c1-16(10-11-18-8-6-5-7-9-18)26-17(2)21(24(25)27)15-22(26)20-13-12-19(28-3)14-23(20)29-4/h5-9,12-16H,10-11H2,1-4H3,(H2,25,27). The number of carbonyl (C=O) groups excluding carboxylic acids is 1. The zero-order valence-corrected chi connectivity index (χ0v) is 17.4. The fourth-order valence-electron chi connectivity index (χ4n) is 3.81. The number of benzene rings is 2. The topological polar surface area (TPSA) is 66.5 Å². The molecule has 5 heteroatoms. The van der Waals surface area contributed by atoms with Crippen LogP contribution in [-0.4, -0.2) is 24.7 Å². The molecule has 0 aliphatic rings. The molecule has 1 aromatic heterocycles. The van der Waals surface area contributed by atoms with Crippen LogP contribution in [0.25, 0.3) is 11.3 Å². The van der Waals surface area contributed by atoms with Crippen LogP contribution in [-0.2, 0) is 6.42 Å². The molecule has 1 amide bonds. The molecule has 29 heavy (non-hydrogen) atoms. The zero-order chi connectivity index (χ0) is 21.0. The van der Waals surface area contributed by atoms with Crippen molar-refractivity contribution in [3.63, 3.8) is 0 Å². The molecule has 3 rings (SSSR count). The van der Waals surface area contributed by atoms with Crippen LogP contribution >= 0.6 is 0 Å². The first-order valence-corrected chi connectivity index (χ1v) is 9.74. The summed E-state index contributed by atoms with van der Waals surface area (Å²) < 4.78 is 13.1. The Morgan fingerprint density at radius 3 is 2.41 bits per heavy atom. The maximum absolute atomic E-state index is 12.0. The molecule has 152 valence electrons. The van der Waals surface area contributed by atoms with E-state index in [-0.39, 0.29) is 6.04 Å². The quantitative estimate of drug-likeness (QED) is 0.600. The minimum Gasteiger partial charge on any atom is -0.497 e. The third-order valence-electron chi connectivity index (χ3n) is 5.38. The Bertz CT molecular complexity index is 993. The normalized spacial score (nSPS) is 11.9. The Morgan fingerprint density at radius 2 is 1.79 bits per heavy atom. The first kappa shape index (κ1) is 20.5. The molecule has 0 radical (unpaired) electrons. The van der Waals surface area contributed by atoms with Crippen LogP contribution < -0.4 is 15.2 Å². The van der Waals surface area contributed by atoms with E-state index in [2.05, 4.69) is 35.8 Å². The lowest BCUT2D eigenvalue weighted by Gasteiger charge is -2.21. The highest BCUT2D eigenvalue weighted by Crippen LogP contribution is 2.38. The summed E-state index contributed by atoms with van der Waals surface area (Å²) in [5, 5.41) is 0. The van der Waals surface area contributed by atoms with Gasteiger partial charge in [-0.05, 0) is 50.5 Å². The van der Waals surface area contributed by atoms with Crippen molar-refractivity contribution in [1.29, 1.82) is 0 Å². The highest BCUT2D eigenvalue weighted by molar-refractivity contribution is 5.96. The van der Waals surface area contributed by atoms with Crippen LogP contribution in [0.2, 0.25) is 0 Å². The summed E-state index contributed by atoms with van der Waals surface area (Å²) in [6, 6.07) is 18.1. The summed E-state index contributed by atoms with van der Waals surface area (Å²) in [6.45, 7) is 4.11. The minimum atomic E-state index is -0.426. The Kier molecular flexibility index (Phi) is 6.27. The SMILES string of the molecule is COc1ccc(-c2cc(C(N)=O)c(C)n2C(C)CCc2ccccc2)c(OC)c1. The second kappa shape index (κ2) is 8.86. The molecule has 3 aromatic rings. The first-order chi connectivity index (χ1) is 14.0. The van der Waals surface area contributed by atoms with Crippen LogP contribution in [0.3, 0.4) is 0 Å². The predicted octanol–water partition coefficient (Wildman–Crippen LogP) is 4.77. The van der Waals surface area contributed by atoms with Crippen LogP contribution in [0.1, 0.15) is 41.0 Å². The lowest BCUT2D eigenvalue weighted by molar-refractivity contribution is 0.0999. The number of methoxy groups -OCH3 is 2. The van der Waals surface area contributed by atoms with Crippen LogP contribution in [0, 0.1) is 6.92 Å². The molecular formula is C24H28N2O3. The van der Waals surface area contributed by atoms with Gasteiger partial charge in [-0.3, -0.25) is 4.79 Å². The van der Waals surface area contributed by atoms with Crippen molar-refractivity contribution >= 4 is 5.91 Å². The lowest BCUT2D eigenvalue weighted by atomic mass is 10.0. The summed E-state index contributed by atoms with van der Waals surface area (Å²) in [5.41, 5.74) is 10.2. The van der Waals surface area contributed by atoms with E-state index in [1.165, 1.54) is 5.56 Å². The van der Waals surface area contributed by atoms with E-state index in [4.69, 9.17) is 15.2 Å². The van der Waals surface area contributed by atoms with Gasteiger partial charge in [-0.15, -0.1) is 0 Å². The van der Waals surface area contributed by atoms with Gasteiger partial charge in [0.15, 0.2) is 0 Å². The molecule has 0 aliphatic carbocycles. The van der Waals surface area contributed by atoms with Gasteiger partial charge >= 0.3 is 0 Å². The minimum absolute atomic E-state index is 0.171. The van der Waals surface area contributed by atoms with Crippen LogP contribution in [0.4, 0.5) is 0 Å². The van der Waals surface area contributed by atoms with Gasteiger partial charge in [0.2, 0.25) is 0 Å². The number of nitrogens with two attached hydrogens (primary N) is 1. The average molecular weight is 392 g/mol. The predicted molar refractivity (Wildman–Crippen MR) is 116 cm³/mol. The second-order valence-corrected chi connectivity index (χ2v) is 7.20. The molecule has 5 nitrogen and oxygen atoms in total. The Balaban J connectivity index is 2.03. The maximum atomic E-state index is 12.0. The van der Waals surface area contributed by atoms with Gasteiger partial charge in [-0.1, -0.05) is 30.3 Å². The van der Waals surface area contributed by atoms with Gasteiger partial charge < -0.3 is 19.8 Å². The average Bonchev–Trinajstić information content (AvgIpc) is 3.09. The first-order valence-electron chi connectivity index (χ1n) is 9.74. The fourth-order valence-corrected chi connectivity index (χ4v) is 3.81. The second-order valence-electron chi connectivity index (χ2n) is 7.20. The van der Waals surface area contributed by atoms with Gasteiger partial charge in [0.1, 0.15) is 11.5 Å². The highest BCUT2D eigenvalue weighted by Gasteiger charge is 2.22. The molecule has 0 saturated carbocycles. The van der Waals surface area contributed by atoms with Crippen molar-refractivity contribution in [2.24, 2.45) is 5.73 Å². The third kappa shape index (κ3) is 4.29. The van der Waals surface area contributed by atoms with E-state index in [0.717, 1.165) is 29.8 Å². The molecule has 0 bridgehead atoms. The molecule has 0 spiro atoms. The number of ether oxygens (including phenoxy) is 2. The van der Waals surface area contributed by atoms with Crippen molar-refractivity contribution in [3.8, 4) is 22.8 Å². The van der Waals surface area contributed by atoms with E-state index in [0.29, 0.717) is 17.1 Å². The number of aryl methyl sites for hydroxylation is 1. The summed E-state index contributed by atoms with van der Waals surface area (Å²) in [5.74, 6) is 0.979. The Hall–Kier alpha value is -3.21. The Labute approximate surface area is 172 Å². The molecule has 1 heterocycles. The van der Waals surface area contributed by atoms with Crippen molar-refractivity contribution < 1.29 is 14.3 Å². The lowest BCUT2D eigenvalue weighted by Crippen LogP contribution is -2.14. The van der Waals surface area contributed by atoms with Crippen LogP contribution in [0.5, 0.6) is 11.5 Å². The molecule has 1 atom stereocenters. The largest absolute Gasteiger partial charge is 0.497 e. The van der Waals surface area contributed by atoms with Crippen molar-refractivity contribution in [2.75, 3.05) is 14.2 Å². The number of aromatic nitrogens is 1. The fraction of sp³-hybridized carbons (Fsp3) is 0.292. The maximum Gasteiger partial charge on any atom is 0.250 e. The van der Waals surface area contributed by atoms with Crippen molar-refractivity contribution in [2.45, 2.75) is 32.7 Å². The van der Waals surface area contributed by atoms with Gasteiger partial charge in [-0.2, -0.15) is 0 Å².